The lowest BCUT2D eigenvalue weighted by Crippen LogP contribution is -2.23. The van der Waals surface area contributed by atoms with Crippen LogP contribution in [0.1, 0.15) is 11.1 Å². The summed E-state index contributed by atoms with van der Waals surface area (Å²) < 4.78 is 56.4. The maximum Gasteiger partial charge on any atom is 0.241 e. The third-order valence-electron chi connectivity index (χ3n) is 7.44. The number of amides is 2. The number of rotatable bonds is 12. The number of hydrogen-bond donors (Lipinski definition) is 2. The average Bonchev–Trinajstić information content (AvgIpc) is 3.75. The number of anilines is 2. The molecular formula is C36H30N4O7S4. The molecule has 0 radical (unpaired) electrons. The van der Waals surface area contributed by atoms with Crippen LogP contribution in [-0.4, -0.2) is 50.1 Å². The summed E-state index contributed by atoms with van der Waals surface area (Å²) in [4.78, 5) is 34.0. The Morgan fingerprint density at radius 2 is 0.922 bits per heavy atom. The molecule has 0 bridgehead atoms. The molecule has 6 aromatic rings. The van der Waals surface area contributed by atoms with E-state index in [2.05, 4.69) is 20.6 Å². The molecule has 0 aliphatic rings. The van der Waals surface area contributed by atoms with Crippen molar-refractivity contribution in [2.24, 2.45) is 0 Å². The van der Waals surface area contributed by atoms with Gasteiger partial charge in [-0.05, 0) is 86.6 Å². The van der Waals surface area contributed by atoms with E-state index in [9.17, 15) is 26.4 Å². The third kappa shape index (κ3) is 9.12. The van der Waals surface area contributed by atoms with Crippen molar-refractivity contribution in [2.45, 2.75) is 23.6 Å². The van der Waals surface area contributed by atoms with E-state index in [1.54, 1.807) is 59.3 Å². The van der Waals surface area contributed by atoms with Gasteiger partial charge in [-0.3, -0.25) is 9.59 Å². The second-order valence-electron chi connectivity index (χ2n) is 11.5. The Labute approximate surface area is 302 Å². The first-order valence-corrected chi connectivity index (χ1v) is 20.4. The normalized spacial score (nSPS) is 11.6. The van der Waals surface area contributed by atoms with Crippen molar-refractivity contribution >= 4 is 64.4 Å². The first-order valence-electron chi connectivity index (χ1n) is 15.3. The minimum absolute atomic E-state index is 0.0876. The summed E-state index contributed by atoms with van der Waals surface area (Å²) in [5.74, 6) is -1.56. The minimum atomic E-state index is -3.79. The molecule has 0 saturated heterocycles. The van der Waals surface area contributed by atoms with Gasteiger partial charge in [0.15, 0.2) is 29.9 Å². The molecule has 260 valence electrons. The third-order valence-corrected chi connectivity index (χ3v) is 12.2. The van der Waals surface area contributed by atoms with Crippen molar-refractivity contribution in [3.63, 3.8) is 0 Å². The van der Waals surface area contributed by atoms with Gasteiger partial charge in [0.1, 0.15) is 23.0 Å². The van der Waals surface area contributed by atoms with E-state index in [1.807, 2.05) is 38.1 Å². The molecule has 11 nitrogen and oxygen atoms in total. The van der Waals surface area contributed by atoms with E-state index in [4.69, 9.17) is 4.74 Å². The van der Waals surface area contributed by atoms with Gasteiger partial charge in [0.05, 0.1) is 21.2 Å². The first kappa shape index (κ1) is 35.6. The van der Waals surface area contributed by atoms with E-state index in [1.165, 1.54) is 46.9 Å². The molecule has 2 amide bonds. The summed E-state index contributed by atoms with van der Waals surface area (Å²) in [6.07, 6.45) is 0. The van der Waals surface area contributed by atoms with Crippen LogP contribution in [0, 0.1) is 13.8 Å². The summed E-state index contributed by atoms with van der Waals surface area (Å²) in [6, 6.07) is 27.1. The molecule has 6 rings (SSSR count). The van der Waals surface area contributed by atoms with Crippen LogP contribution in [0.2, 0.25) is 0 Å². The largest absolute Gasteiger partial charge is 0.457 e. The topological polar surface area (TPSA) is 161 Å². The molecule has 0 saturated carbocycles. The van der Waals surface area contributed by atoms with Crippen molar-refractivity contribution in [3.8, 4) is 34.0 Å². The summed E-state index contributed by atoms with van der Waals surface area (Å²) in [5, 5.41) is 9.25. The van der Waals surface area contributed by atoms with Gasteiger partial charge in [-0.2, -0.15) is 0 Å². The van der Waals surface area contributed by atoms with E-state index in [0.29, 0.717) is 22.9 Å². The monoisotopic (exact) mass is 758 g/mol. The van der Waals surface area contributed by atoms with Gasteiger partial charge in [0.25, 0.3) is 0 Å². The van der Waals surface area contributed by atoms with Gasteiger partial charge in [-0.1, -0.05) is 35.4 Å². The van der Waals surface area contributed by atoms with Crippen molar-refractivity contribution in [1.29, 1.82) is 0 Å². The summed E-state index contributed by atoms with van der Waals surface area (Å²) in [5.41, 5.74) is 4.62. The average molecular weight is 759 g/mol. The molecule has 2 N–H and O–H groups in total. The number of carbonyl (C=O) groups excluding carboxylic acids is 2. The zero-order valence-corrected chi connectivity index (χ0v) is 30.5. The number of thiazole rings is 2. The first-order chi connectivity index (χ1) is 24.3. The highest BCUT2D eigenvalue weighted by Gasteiger charge is 2.21. The van der Waals surface area contributed by atoms with Gasteiger partial charge < -0.3 is 15.4 Å². The van der Waals surface area contributed by atoms with Crippen molar-refractivity contribution in [2.75, 3.05) is 22.1 Å². The Hall–Kier alpha value is -5.22. The Morgan fingerprint density at radius 1 is 0.569 bits per heavy atom. The van der Waals surface area contributed by atoms with Crippen molar-refractivity contribution < 1.29 is 31.2 Å². The number of carbonyl (C=O) groups is 2. The molecule has 0 fully saturated rings. The van der Waals surface area contributed by atoms with Crippen molar-refractivity contribution in [3.05, 3.63) is 119 Å². The van der Waals surface area contributed by atoms with Crippen LogP contribution in [0.4, 0.5) is 10.3 Å². The van der Waals surface area contributed by atoms with Gasteiger partial charge in [-0.25, -0.2) is 26.8 Å². The fourth-order valence-electron chi connectivity index (χ4n) is 4.76. The molecule has 0 spiro atoms. The number of ether oxygens (including phenoxy) is 1. The van der Waals surface area contributed by atoms with Crippen LogP contribution in [-0.2, 0) is 29.3 Å². The maximum absolute atomic E-state index is 12.6. The van der Waals surface area contributed by atoms with Gasteiger partial charge in [0.2, 0.25) is 11.8 Å². The smallest absolute Gasteiger partial charge is 0.241 e. The molecule has 15 heteroatoms. The number of aromatic nitrogens is 2. The summed E-state index contributed by atoms with van der Waals surface area (Å²) in [7, 11) is -7.58. The Bertz CT molecular complexity index is 2230. The Kier molecular flexibility index (Phi) is 10.4. The van der Waals surface area contributed by atoms with Crippen LogP contribution in [0.25, 0.3) is 22.5 Å². The van der Waals surface area contributed by atoms with Crippen LogP contribution < -0.4 is 15.4 Å². The lowest BCUT2D eigenvalue weighted by molar-refractivity contribution is -0.114. The lowest BCUT2D eigenvalue weighted by Gasteiger charge is -2.07. The highest BCUT2D eigenvalue weighted by atomic mass is 32.2. The second-order valence-corrected chi connectivity index (χ2v) is 17.2. The van der Waals surface area contributed by atoms with E-state index < -0.39 is 43.0 Å². The summed E-state index contributed by atoms with van der Waals surface area (Å²) in [6.45, 7) is 3.70. The lowest BCUT2D eigenvalue weighted by atomic mass is 10.1. The molecule has 0 unspecified atom stereocenters. The highest BCUT2D eigenvalue weighted by Crippen LogP contribution is 2.31. The number of aryl methyl sites for hydroxylation is 2. The zero-order valence-electron chi connectivity index (χ0n) is 27.2. The summed E-state index contributed by atoms with van der Waals surface area (Å²) >= 11 is 2.38. The molecular weight excluding hydrogens is 729 g/mol. The van der Waals surface area contributed by atoms with Gasteiger partial charge in [-0.15, -0.1) is 22.7 Å². The standard InChI is InChI=1S/C36H30N4O7S4/c1-23-3-15-29(16-4-23)50(43,44)21-33(41)39-35-37-31(19-48-35)25-7-11-27(12-8-25)47-28-13-9-26(10-14-28)32-20-49-36(38-32)40-34(42)22-51(45,46)30-17-5-24(2)6-18-30/h3-20H,21-22H2,1-2H3,(H,37,39,41)(H,38,40,42). The zero-order chi connectivity index (χ0) is 36.2. The van der Waals surface area contributed by atoms with Crippen LogP contribution in [0.15, 0.2) is 118 Å². The molecule has 0 aliphatic carbocycles. The van der Waals surface area contributed by atoms with Crippen LogP contribution >= 0.6 is 22.7 Å². The number of nitrogens with zero attached hydrogens (tertiary/aromatic N) is 2. The van der Waals surface area contributed by atoms with Gasteiger partial charge >= 0.3 is 0 Å². The molecule has 4 aromatic carbocycles. The molecule has 2 aromatic heterocycles. The van der Waals surface area contributed by atoms with E-state index in [-0.39, 0.29) is 20.1 Å². The molecule has 51 heavy (non-hydrogen) atoms. The van der Waals surface area contributed by atoms with Crippen LogP contribution in [0.5, 0.6) is 11.5 Å². The quantitative estimate of drug-likeness (QED) is 0.132. The Balaban J connectivity index is 1.01. The molecule has 0 atom stereocenters. The number of nitrogens with one attached hydrogen (secondary N) is 2. The predicted molar refractivity (Wildman–Crippen MR) is 199 cm³/mol. The number of hydrogen-bond acceptors (Lipinski definition) is 11. The maximum atomic E-state index is 12.6. The fourth-order valence-corrected chi connectivity index (χ4v) is 8.51. The minimum Gasteiger partial charge on any atom is -0.457 e. The van der Waals surface area contributed by atoms with E-state index >= 15 is 0 Å². The Morgan fingerprint density at radius 3 is 1.27 bits per heavy atom. The van der Waals surface area contributed by atoms with Crippen molar-refractivity contribution in [1.82, 2.24) is 9.97 Å². The van der Waals surface area contributed by atoms with Crippen LogP contribution in [0.3, 0.4) is 0 Å². The highest BCUT2D eigenvalue weighted by molar-refractivity contribution is 7.92. The molecule has 0 aliphatic heterocycles. The van der Waals surface area contributed by atoms with E-state index in [0.717, 1.165) is 22.3 Å². The SMILES string of the molecule is Cc1ccc(S(=O)(=O)CC(=O)Nc2nc(-c3ccc(Oc4ccc(-c5csc(NC(=O)CS(=O)(=O)c6ccc(C)cc6)n5)cc4)cc3)cs2)cc1. The van der Waals surface area contributed by atoms with Gasteiger partial charge in [0, 0.05) is 21.9 Å². The number of benzene rings is 4. The number of sulfone groups is 2. The second kappa shape index (κ2) is 14.9. The molecule has 2 heterocycles. The predicted octanol–water partition coefficient (Wildman–Crippen LogP) is 7.17. The fraction of sp³-hybridized carbons (Fsp3) is 0.111.